The molecule has 0 aliphatic carbocycles. The number of methoxy groups -OCH3 is 1. The van der Waals surface area contributed by atoms with E-state index in [4.69, 9.17) is 14.7 Å². The highest BCUT2D eigenvalue weighted by Gasteiger charge is 2.02. The lowest BCUT2D eigenvalue weighted by molar-refractivity contribution is -0.141. The minimum absolute atomic E-state index is 0.0216. The lowest BCUT2D eigenvalue weighted by Gasteiger charge is -2.02. The Morgan fingerprint density at radius 3 is 2.83 bits per heavy atom. The van der Waals surface area contributed by atoms with Gasteiger partial charge in [-0.2, -0.15) is 5.26 Å². The van der Waals surface area contributed by atoms with Gasteiger partial charge < -0.3 is 9.47 Å². The van der Waals surface area contributed by atoms with Gasteiger partial charge in [-0.15, -0.1) is 0 Å². The summed E-state index contributed by atoms with van der Waals surface area (Å²) in [6, 6.07) is 6.97. The highest BCUT2D eigenvalue weighted by Crippen LogP contribution is 2.18. The number of esters is 1. The summed E-state index contributed by atoms with van der Waals surface area (Å²) in [6.07, 6.45) is 0.0216. The minimum Gasteiger partial charge on any atom is -0.495 e. The molecule has 0 radical (unpaired) electrons. The van der Waals surface area contributed by atoms with Crippen LogP contribution in [0.3, 0.4) is 0 Å². The molecule has 0 aliphatic heterocycles. The molecule has 1 aromatic rings. The molecule has 0 bridgehead atoms. The van der Waals surface area contributed by atoms with Crippen LogP contribution in [0.2, 0.25) is 0 Å². The van der Waals surface area contributed by atoms with Crippen molar-refractivity contribution in [3.8, 4) is 23.7 Å². The third kappa shape index (κ3) is 3.84. The van der Waals surface area contributed by atoms with E-state index < -0.39 is 0 Å². The number of nitrogens with zero attached hydrogens (tertiary/aromatic N) is 1. The topological polar surface area (TPSA) is 59.3 Å². The normalized spacial score (nSPS) is 8.72. The van der Waals surface area contributed by atoms with Gasteiger partial charge in [0, 0.05) is 0 Å². The molecule has 0 unspecified atom stereocenters. The molecule has 1 aromatic carbocycles. The maximum Gasteiger partial charge on any atom is 0.317 e. The fraction of sp³-hybridized carbons (Fsp3) is 0.286. The van der Waals surface area contributed by atoms with E-state index in [0.29, 0.717) is 23.5 Å². The second-order valence-electron chi connectivity index (χ2n) is 3.31. The third-order valence-corrected chi connectivity index (χ3v) is 2.09. The van der Waals surface area contributed by atoms with Crippen molar-refractivity contribution in [1.29, 1.82) is 5.26 Å². The van der Waals surface area contributed by atoms with E-state index in [1.807, 2.05) is 6.07 Å². The molecule has 0 saturated heterocycles. The standard InChI is InChI=1S/C14H13NO3/c1-3-18-14(16)6-4-5-12-9-11(10-15)7-8-13(12)17-2/h7-9H,3,6H2,1-2H3. The molecule has 4 nitrogen and oxygen atoms in total. The Morgan fingerprint density at radius 1 is 1.44 bits per heavy atom. The SMILES string of the molecule is CCOC(=O)CC#Cc1cc(C#N)ccc1OC. The van der Waals surface area contributed by atoms with Crippen molar-refractivity contribution in [3.63, 3.8) is 0 Å². The van der Waals surface area contributed by atoms with Gasteiger partial charge >= 0.3 is 5.97 Å². The fourth-order valence-corrected chi connectivity index (χ4v) is 1.30. The van der Waals surface area contributed by atoms with Gasteiger partial charge in [0.2, 0.25) is 0 Å². The molecule has 0 amide bonds. The molecule has 0 N–H and O–H groups in total. The minimum atomic E-state index is -0.361. The number of benzene rings is 1. The third-order valence-electron chi connectivity index (χ3n) is 2.09. The van der Waals surface area contributed by atoms with Crippen LogP contribution >= 0.6 is 0 Å². The van der Waals surface area contributed by atoms with Crippen LogP contribution in [0.5, 0.6) is 5.75 Å². The maximum atomic E-state index is 11.1. The molecule has 0 heterocycles. The summed E-state index contributed by atoms with van der Waals surface area (Å²) in [5, 5.41) is 8.80. The van der Waals surface area contributed by atoms with Crippen LogP contribution in [-0.2, 0) is 9.53 Å². The molecule has 0 atom stereocenters. The second kappa shape index (κ2) is 6.98. The number of ether oxygens (including phenoxy) is 2. The van der Waals surface area contributed by atoms with E-state index in [0.717, 1.165) is 0 Å². The first-order chi connectivity index (χ1) is 8.71. The van der Waals surface area contributed by atoms with Crippen molar-refractivity contribution in [3.05, 3.63) is 29.3 Å². The Kier molecular flexibility index (Phi) is 5.28. The number of carbonyl (C=O) groups excluding carboxylic acids is 1. The molecule has 0 aliphatic rings. The highest BCUT2D eigenvalue weighted by molar-refractivity contribution is 5.72. The molecular weight excluding hydrogens is 230 g/mol. The Labute approximate surface area is 106 Å². The second-order valence-corrected chi connectivity index (χ2v) is 3.31. The summed E-state index contributed by atoms with van der Waals surface area (Å²) in [4.78, 5) is 11.1. The Morgan fingerprint density at radius 2 is 2.22 bits per heavy atom. The van der Waals surface area contributed by atoms with Crippen molar-refractivity contribution < 1.29 is 14.3 Å². The average Bonchev–Trinajstić information content (AvgIpc) is 2.39. The summed E-state index contributed by atoms with van der Waals surface area (Å²) < 4.78 is 9.88. The first kappa shape index (κ1) is 13.6. The Bertz CT molecular complexity index is 532. The monoisotopic (exact) mass is 243 g/mol. The summed E-state index contributed by atoms with van der Waals surface area (Å²) in [5.74, 6) is 5.71. The summed E-state index contributed by atoms with van der Waals surface area (Å²) in [6.45, 7) is 2.08. The van der Waals surface area contributed by atoms with Gasteiger partial charge in [-0.25, -0.2) is 0 Å². The van der Waals surface area contributed by atoms with Crippen LogP contribution in [0.25, 0.3) is 0 Å². The lowest BCUT2D eigenvalue weighted by atomic mass is 10.1. The quantitative estimate of drug-likeness (QED) is 0.600. The number of nitriles is 1. The van der Waals surface area contributed by atoms with E-state index in [9.17, 15) is 4.79 Å². The zero-order chi connectivity index (χ0) is 13.4. The number of hydrogen-bond acceptors (Lipinski definition) is 4. The summed E-state index contributed by atoms with van der Waals surface area (Å²) in [5.41, 5.74) is 1.08. The average molecular weight is 243 g/mol. The van der Waals surface area contributed by atoms with Crippen LogP contribution in [0.1, 0.15) is 24.5 Å². The number of rotatable bonds is 3. The molecule has 1 rings (SSSR count). The first-order valence-corrected chi connectivity index (χ1v) is 5.44. The van der Waals surface area contributed by atoms with Gasteiger partial charge in [0.25, 0.3) is 0 Å². The van der Waals surface area contributed by atoms with Crippen molar-refractivity contribution >= 4 is 5.97 Å². The number of hydrogen-bond donors (Lipinski definition) is 0. The predicted octanol–water partition coefficient (Wildman–Crippen LogP) is 1.87. The smallest absolute Gasteiger partial charge is 0.317 e. The molecule has 92 valence electrons. The van der Waals surface area contributed by atoms with Crippen molar-refractivity contribution in [2.24, 2.45) is 0 Å². The summed E-state index contributed by atoms with van der Waals surface area (Å²) >= 11 is 0. The first-order valence-electron chi connectivity index (χ1n) is 5.44. The lowest BCUT2D eigenvalue weighted by Crippen LogP contribution is -2.01. The van der Waals surface area contributed by atoms with Crippen LogP contribution in [-0.4, -0.2) is 19.7 Å². The van der Waals surface area contributed by atoms with Crippen LogP contribution in [0, 0.1) is 23.2 Å². The van der Waals surface area contributed by atoms with E-state index in [1.54, 1.807) is 25.1 Å². The van der Waals surface area contributed by atoms with Crippen molar-refractivity contribution in [2.45, 2.75) is 13.3 Å². The van der Waals surface area contributed by atoms with E-state index in [1.165, 1.54) is 7.11 Å². The Hall–Kier alpha value is -2.46. The molecular formula is C14H13NO3. The molecule has 0 fully saturated rings. The summed E-state index contributed by atoms with van der Waals surface area (Å²) in [7, 11) is 1.53. The largest absolute Gasteiger partial charge is 0.495 e. The maximum absolute atomic E-state index is 11.1. The van der Waals surface area contributed by atoms with Gasteiger partial charge in [-0.3, -0.25) is 4.79 Å². The van der Waals surface area contributed by atoms with E-state index in [-0.39, 0.29) is 12.4 Å². The zero-order valence-corrected chi connectivity index (χ0v) is 10.3. The van der Waals surface area contributed by atoms with Crippen LogP contribution in [0.4, 0.5) is 0 Å². The van der Waals surface area contributed by atoms with E-state index in [2.05, 4.69) is 11.8 Å². The fourth-order valence-electron chi connectivity index (χ4n) is 1.30. The van der Waals surface area contributed by atoms with Gasteiger partial charge in [-0.1, -0.05) is 11.8 Å². The molecule has 0 spiro atoms. The predicted molar refractivity (Wildman–Crippen MR) is 65.8 cm³/mol. The molecule has 4 heteroatoms. The van der Waals surface area contributed by atoms with Crippen molar-refractivity contribution in [1.82, 2.24) is 0 Å². The van der Waals surface area contributed by atoms with Gasteiger partial charge in [-0.05, 0) is 25.1 Å². The van der Waals surface area contributed by atoms with Gasteiger partial charge in [0.1, 0.15) is 12.2 Å². The Balaban J connectivity index is 2.86. The molecule has 18 heavy (non-hydrogen) atoms. The highest BCUT2D eigenvalue weighted by atomic mass is 16.5. The molecule has 0 aromatic heterocycles. The van der Waals surface area contributed by atoms with Gasteiger partial charge in [0.15, 0.2) is 0 Å². The number of carbonyl (C=O) groups is 1. The van der Waals surface area contributed by atoms with Crippen LogP contribution in [0.15, 0.2) is 18.2 Å². The zero-order valence-electron chi connectivity index (χ0n) is 10.3. The van der Waals surface area contributed by atoms with E-state index >= 15 is 0 Å². The molecule has 0 saturated carbocycles. The van der Waals surface area contributed by atoms with Crippen molar-refractivity contribution in [2.75, 3.05) is 13.7 Å². The van der Waals surface area contributed by atoms with Crippen LogP contribution < -0.4 is 4.74 Å². The van der Waals surface area contributed by atoms with Gasteiger partial charge in [0.05, 0.1) is 30.9 Å².